The molecule has 3 heterocycles. The summed E-state index contributed by atoms with van der Waals surface area (Å²) in [5.41, 5.74) is 1.36. The lowest BCUT2D eigenvalue weighted by Gasteiger charge is -2.46. The summed E-state index contributed by atoms with van der Waals surface area (Å²) in [5, 5.41) is 5.43. The van der Waals surface area contributed by atoms with Crippen molar-refractivity contribution in [2.45, 2.75) is 18.9 Å². The number of aromatic nitrogens is 1. The number of anilines is 1. The minimum Gasteiger partial charge on any atom is -0.493 e. The summed E-state index contributed by atoms with van der Waals surface area (Å²) in [6.45, 7) is 4.63. The number of rotatable bonds is 5. The average Bonchev–Trinajstić information content (AvgIpc) is 3.26. The molecule has 0 spiro atoms. The van der Waals surface area contributed by atoms with E-state index in [-0.39, 0.29) is 5.97 Å². The number of para-hydroxylation sites is 1. The predicted molar refractivity (Wildman–Crippen MR) is 118 cm³/mol. The molecule has 2 atom stereocenters. The van der Waals surface area contributed by atoms with Gasteiger partial charge in [-0.15, -0.1) is 0 Å². The lowest BCUT2D eigenvalue weighted by molar-refractivity contribution is 0.0599. The highest BCUT2D eigenvalue weighted by atomic mass is 16.5. The Kier molecular flexibility index (Phi) is 5.51. The molecule has 0 amide bonds. The van der Waals surface area contributed by atoms with Crippen LogP contribution in [-0.4, -0.2) is 62.0 Å². The van der Waals surface area contributed by atoms with Crippen LogP contribution in [0.2, 0.25) is 0 Å². The molecule has 5 rings (SSSR count). The van der Waals surface area contributed by atoms with Crippen LogP contribution in [0.3, 0.4) is 0 Å². The molecule has 0 saturated carbocycles. The van der Waals surface area contributed by atoms with E-state index in [0.29, 0.717) is 29.9 Å². The van der Waals surface area contributed by atoms with Gasteiger partial charge >= 0.3 is 5.97 Å². The van der Waals surface area contributed by atoms with E-state index >= 15 is 0 Å². The summed E-state index contributed by atoms with van der Waals surface area (Å²) in [4.78, 5) is 16.7. The summed E-state index contributed by atoms with van der Waals surface area (Å²) in [6, 6.07) is 15.8. The smallest absolute Gasteiger partial charge is 0.337 e. The fraction of sp³-hybridized carbons (Fsp3) is 0.417. The normalized spacial score (nSPS) is 21.6. The van der Waals surface area contributed by atoms with E-state index in [4.69, 9.17) is 14.0 Å². The van der Waals surface area contributed by atoms with Gasteiger partial charge in [-0.2, -0.15) is 0 Å². The van der Waals surface area contributed by atoms with Crippen LogP contribution in [0.25, 0.3) is 11.0 Å². The van der Waals surface area contributed by atoms with E-state index in [1.54, 1.807) is 12.1 Å². The lowest BCUT2D eigenvalue weighted by atomic mass is 9.91. The van der Waals surface area contributed by atoms with Gasteiger partial charge in [0.1, 0.15) is 5.75 Å². The highest BCUT2D eigenvalue weighted by Gasteiger charge is 2.34. The minimum absolute atomic E-state index is 0.344. The van der Waals surface area contributed by atoms with Gasteiger partial charge in [0.15, 0.2) is 11.4 Å². The van der Waals surface area contributed by atoms with Gasteiger partial charge in [-0.1, -0.05) is 23.4 Å². The van der Waals surface area contributed by atoms with Crippen LogP contribution in [-0.2, 0) is 4.74 Å². The standard InChI is InChI=1S/C24H27N3O4/c1-29-24(28)18-5-4-6-20(13-18)30-16-17-9-10-19-15-27(12-11-26(19)14-17)23-21-7-2-3-8-22(21)31-25-23/h2-8,13,17,19H,9-12,14-16H2,1H3/t17-,19-/m0/s1. The molecule has 2 saturated heterocycles. The van der Waals surface area contributed by atoms with Crippen molar-refractivity contribution in [1.82, 2.24) is 10.1 Å². The molecular weight excluding hydrogens is 394 g/mol. The number of esters is 1. The van der Waals surface area contributed by atoms with E-state index in [1.165, 1.54) is 7.11 Å². The predicted octanol–water partition coefficient (Wildman–Crippen LogP) is 3.59. The molecule has 0 aliphatic carbocycles. The van der Waals surface area contributed by atoms with Crippen LogP contribution in [0.5, 0.6) is 5.75 Å². The monoisotopic (exact) mass is 421 g/mol. The second kappa shape index (κ2) is 8.59. The number of hydrogen-bond acceptors (Lipinski definition) is 7. The molecular formula is C24H27N3O4. The van der Waals surface area contributed by atoms with E-state index in [1.807, 2.05) is 30.3 Å². The minimum atomic E-state index is -0.344. The Labute approximate surface area is 181 Å². The summed E-state index contributed by atoms with van der Waals surface area (Å²) < 4.78 is 16.3. The maximum Gasteiger partial charge on any atom is 0.337 e. The van der Waals surface area contributed by atoms with Gasteiger partial charge in [0.25, 0.3) is 0 Å². The summed E-state index contributed by atoms with van der Waals surface area (Å²) in [5.74, 6) is 1.82. The molecule has 3 aromatic rings. The van der Waals surface area contributed by atoms with Crippen molar-refractivity contribution in [2.75, 3.05) is 44.8 Å². The molecule has 7 nitrogen and oxygen atoms in total. The Morgan fingerprint density at radius 3 is 2.94 bits per heavy atom. The summed E-state index contributed by atoms with van der Waals surface area (Å²) >= 11 is 0. The van der Waals surface area contributed by atoms with Crippen LogP contribution in [0.15, 0.2) is 53.1 Å². The highest BCUT2D eigenvalue weighted by Crippen LogP contribution is 2.31. The number of nitrogens with zero attached hydrogens (tertiary/aromatic N) is 3. The zero-order valence-electron chi connectivity index (χ0n) is 17.7. The molecule has 7 heteroatoms. The Balaban J connectivity index is 1.17. The van der Waals surface area contributed by atoms with Crippen molar-refractivity contribution in [2.24, 2.45) is 5.92 Å². The quantitative estimate of drug-likeness (QED) is 0.583. The van der Waals surface area contributed by atoms with Crippen LogP contribution in [0, 0.1) is 5.92 Å². The topological polar surface area (TPSA) is 68.0 Å². The van der Waals surface area contributed by atoms with Gasteiger partial charge in [0.05, 0.1) is 24.7 Å². The molecule has 0 bridgehead atoms. The molecule has 2 aliphatic rings. The molecule has 31 heavy (non-hydrogen) atoms. The number of ether oxygens (including phenoxy) is 2. The van der Waals surface area contributed by atoms with Crippen molar-refractivity contribution >= 4 is 22.8 Å². The van der Waals surface area contributed by atoms with Gasteiger partial charge in [-0.25, -0.2) is 4.79 Å². The first-order valence-corrected chi connectivity index (χ1v) is 10.9. The lowest BCUT2D eigenvalue weighted by Crippen LogP contribution is -2.57. The maximum absolute atomic E-state index is 11.7. The van der Waals surface area contributed by atoms with Crippen molar-refractivity contribution < 1.29 is 18.8 Å². The van der Waals surface area contributed by atoms with Crippen molar-refractivity contribution in [3.63, 3.8) is 0 Å². The van der Waals surface area contributed by atoms with E-state index in [2.05, 4.69) is 21.0 Å². The third kappa shape index (κ3) is 4.10. The van der Waals surface area contributed by atoms with Crippen molar-refractivity contribution in [3.05, 3.63) is 54.1 Å². The molecule has 0 unspecified atom stereocenters. The van der Waals surface area contributed by atoms with Crippen LogP contribution >= 0.6 is 0 Å². The number of benzene rings is 2. The van der Waals surface area contributed by atoms with Gasteiger partial charge in [-0.3, -0.25) is 4.90 Å². The first-order valence-electron chi connectivity index (χ1n) is 10.9. The average molecular weight is 421 g/mol. The second-order valence-corrected chi connectivity index (χ2v) is 8.37. The largest absolute Gasteiger partial charge is 0.493 e. The third-order valence-corrected chi connectivity index (χ3v) is 6.40. The summed E-state index contributed by atoms with van der Waals surface area (Å²) in [7, 11) is 1.39. The molecule has 1 aromatic heterocycles. The Hall–Kier alpha value is -3.06. The van der Waals surface area contributed by atoms with E-state index in [0.717, 1.165) is 55.8 Å². The molecule has 2 aliphatic heterocycles. The number of hydrogen-bond donors (Lipinski definition) is 0. The number of piperidine rings is 1. The zero-order valence-corrected chi connectivity index (χ0v) is 17.7. The van der Waals surface area contributed by atoms with Crippen LogP contribution in [0.4, 0.5) is 5.82 Å². The Bertz CT molecular complexity index is 1070. The number of methoxy groups -OCH3 is 1. The van der Waals surface area contributed by atoms with E-state index in [9.17, 15) is 4.79 Å². The second-order valence-electron chi connectivity index (χ2n) is 8.37. The highest BCUT2D eigenvalue weighted by molar-refractivity contribution is 5.89. The first kappa shape index (κ1) is 19.9. The molecule has 2 aromatic carbocycles. The fourth-order valence-electron chi connectivity index (χ4n) is 4.73. The first-order chi connectivity index (χ1) is 15.2. The molecule has 0 radical (unpaired) electrons. The van der Waals surface area contributed by atoms with E-state index < -0.39 is 0 Å². The fourth-order valence-corrected chi connectivity index (χ4v) is 4.73. The molecule has 0 N–H and O–H groups in total. The number of piperazine rings is 1. The van der Waals surface area contributed by atoms with Gasteiger partial charge in [0, 0.05) is 38.1 Å². The van der Waals surface area contributed by atoms with Gasteiger partial charge in [-0.05, 0) is 43.2 Å². The molecule has 2 fully saturated rings. The number of fused-ring (bicyclic) bond motifs is 2. The van der Waals surface area contributed by atoms with Gasteiger partial charge < -0.3 is 18.9 Å². The summed E-state index contributed by atoms with van der Waals surface area (Å²) in [6.07, 6.45) is 2.27. The number of carbonyl (C=O) groups is 1. The maximum atomic E-state index is 11.7. The Morgan fingerprint density at radius 2 is 2.03 bits per heavy atom. The molecule has 162 valence electrons. The third-order valence-electron chi connectivity index (χ3n) is 6.40. The van der Waals surface area contributed by atoms with Gasteiger partial charge in [0.2, 0.25) is 0 Å². The van der Waals surface area contributed by atoms with Crippen molar-refractivity contribution in [1.29, 1.82) is 0 Å². The number of carbonyl (C=O) groups excluding carboxylic acids is 1. The SMILES string of the molecule is COC(=O)c1cccc(OC[C@H]2CC[C@H]3CN(c4noc5ccccc45)CCN3C2)c1. The Morgan fingerprint density at radius 1 is 1.13 bits per heavy atom. The van der Waals surface area contributed by atoms with Crippen LogP contribution in [0.1, 0.15) is 23.2 Å². The van der Waals surface area contributed by atoms with Crippen LogP contribution < -0.4 is 9.64 Å². The van der Waals surface area contributed by atoms with Crippen molar-refractivity contribution in [3.8, 4) is 5.75 Å². The zero-order chi connectivity index (χ0) is 21.2.